The molecule has 1 saturated carbocycles. The van der Waals surface area contributed by atoms with Gasteiger partial charge in [-0.05, 0) is 30.2 Å². The standard InChI is InChI=1S/C12H13NO3S/c14-9-6-12(7-3-4-7,8-2-1-5-17-8)10(13-9)11(15)16/h1-2,5,7,10H,3-4,6H2,(H,13,14)(H,15,16). The highest BCUT2D eigenvalue weighted by Gasteiger charge is 2.59. The Balaban J connectivity index is 2.10. The van der Waals surface area contributed by atoms with Crippen molar-refractivity contribution >= 4 is 23.2 Å². The van der Waals surface area contributed by atoms with Crippen molar-refractivity contribution in [3.05, 3.63) is 22.4 Å². The van der Waals surface area contributed by atoms with Crippen molar-refractivity contribution in [1.82, 2.24) is 5.32 Å². The Labute approximate surface area is 103 Å². The van der Waals surface area contributed by atoms with Crippen molar-refractivity contribution in [3.63, 3.8) is 0 Å². The number of amides is 1. The minimum atomic E-state index is -0.920. The molecule has 2 fully saturated rings. The SMILES string of the molecule is O=C1CC(c2cccs2)(C2CC2)C(C(=O)O)N1. The van der Waals surface area contributed by atoms with E-state index in [2.05, 4.69) is 5.32 Å². The van der Waals surface area contributed by atoms with Gasteiger partial charge >= 0.3 is 5.97 Å². The lowest BCUT2D eigenvalue weighted by atomic mass is 9.74. The summed E-state index contributed by atoms with van der Waals surface area (Å²) in [5.74, 6) is -0.727. The second-order valence-corrected chi connectivity index (χ2v) is 5.76. The Morgan fingerprint density at radius 1 is 1.53 bits per heavy atom. The third-order valence-corrected chi connectivity index (χ3v) is 4.87. The molecule has 0 bridgehead atoms. The maximum absolute atomic E-state index is 11.6. The second kappa shape index (κ2) is 3.57. The van der Waals surface area contributed by atoms with Crippen LogP contribution >= 0.6 is 11.3 Å². The Bertz CT molecular complexity index is 466. The number of thiophene rings is 1. The molecule has 1 amide bonds. The molecule has 4 nitrogen and oxygen atoms in total. The normalized spacial score (nSPS) is 32.5. The van der Waals surface area contributed by atoms with Crippen LogP contribution in [0.2, 0.25) is 0 Å². The fourth-order valence-corrected chi connectivity index (χ4v) is 3.98. The van der Waals surface area contributed by atoms with Crippen LogP contribution in [-0.4, -0.2) is 23.0 Å². The Kier molecular flexibility index (Phi) is 2.26. The van der Waals surface area contributed by atoms with E-state index in [4.69, 9.17) is 0 Å². The smallest absolute Gasteiger partial charge is 0.327 e. The number of rotatable bonds is 3. The lowest BCUT2D eigenvalue weighted by Gasteiger charge is -2.31. The van der Waals surface area contributed by atoms with Crippen molar-refractivity contribution in [2.75, 3.05) is 0 Å². The fraction of sp³-hybridized carbons (Fsp3) is 0.500. The van der Waals surface area contributed by atoms with Gasteiger partial charge in [-0.1, -0.05) is 6.07 Å². The molecule has 5 heteroatoms. The van der Waals surface area contributed by atoms with Crippen molar-refractivity contribution in [1.29, 1.82) is 0 Å². The van der Waals surface area contributed by atoms with Gasteiger partial charge in [-0.2, -0.15) is 0 Å². The molecular weight excluding hydrogens is 238 g/mol. The van der Waals surface area contributed by atoms with Crippen LogP contribution in [0, 0.1) is 5.92 Å². The van der Waals surface area contributed by atoms with Crippen LogP contribution in [0.25, 0.3) is 0 Å². The molecule has 2 atom stereocenters. The maximum atomic E-state index is 11.6. The van der Waals surface area contributed by atoms with Crippen LogP contribution < -0.4 is 5.32 Å². The quantitative estimate of drug-likeness (QED) is 0.852. The van der Waals surface area contributed by atoms with Gasteiger partial charge in [0.1, 0.15) is 6.04 Å². The van der Waals surface area contributed by atoms with Gasteiger partial charge < -0.3 is 10.4 Å². The molecule has 1 aromatic rings. The molecule has 90 valence electrons. The van der Waals surface area contributed by atoms with Crippen molar-refractivity contribution in [3.8, 4) is 0 Å². The molecule has 1 aromatic heterocycles. The molecule has 3 rings (SSSR count). The van der Waals surface area contributed by atoms with Gasteiger partial charge in [-0.15, -0.1) is 11.3 Å². The van der Waals surface area contributed by atoms with Gasteiger partial charge in [0.15, 0.2) is 0 Å². The average molecular weight is 251 g/mol. The van der Waals surface area contributed by atoms with Crippen molar-refractivity contribution in [2.24, 2.45) is 5.92 Å². The number of carboxylic acids is 1. The summed E-state index contributed by atoms with van der Waals surface area (Å²) in [6.07, 6.45) is 2.36. The molecule has 1 aliphatic carbocycles. The topological polar surface area (TPSA) is 66.4 Å². The zero-order chi connectivity index (χ0) is 12.0. The van der Waals surface area contributed by atoms with E-state index in [1.165, 1.54) is 0 Å². The Morgan fingerprint density at radius 3 is 2.82 bits per heavy atom. The highest BCUT2D eigenvalue weighted by Crippen LogP contribution is 2.54. The summed E-state index contributed by atoms with van der Waals surface area (Å²) < 4.78 is 0. The third-order valence-electron chi connectivity index (χ3n) is 3.81. The van der Waals surface area contributed by atoms with E-state index in [0.717, 1.165) is 17.7 Å². The minimum Gasteiger partial charge on any atom is -0.480 e. The fourth-order valence-electron chi connectivity index (χ4n) is 2.94. The first-order valence-electron chi connectivity index (χ1n) is 5.71. The lowest BCUT2D eigenvalue weighted by Crippen LogP contribution is -2.47. The number of carbonyl (C=O) groups excluding carboxylic acids is 1. The summed E-state index contributed by atoms with van der Waals surface area (Å²) >= 11 is 1.55. The zero-order valence-corrected chi connectivity index (χ0v) is 10.00. The molecule has 1 aliphatic heterocycles. The van der Waals surface area contributed by atoms with Crippen LogP contribution in [0.5, 0.6) is 0 Å². The first-order valence-corrected chi connectivity index (χ1v) is 6.58. The number of carbonyl (C=O) groups is 2. The van der Waals surface area contributed by atoms with Crippen molar-refractivity contribution in [2.45, 2.75) is 30.7 Å². The molecule has 1 saturated heterocycles. The molecule has 2 heterocycles. The number of nitrogens with one attached hydrogen (secondary N) is 1. The molecule has 2 N–H and O–H groups in total. The van der Waals surface area contributed by atoms with Crippen LogP contribution in [-0.2, 0) is 15.0 Å². The van der Waals surface area contributed by atoms with Gasteiger partial charge in [0.05, 0.1) is 0 Å². The summed E-state index contributed by atoms with van der Waals surface area (Å²) in [6.45, 7) is 0. The molecule has 17 heavy (non-hydrogen) atoms. The van der Waals surface area contributed by atoms with Crippen LogP contribution in [0.15, 0.2) is 17.5 Å². The van der Waals surface area contributed by atoms with Crippen LogP contribution in [0.3, 0.4) is 0 Å². The van der Waals surface area contributed by atoms with E-state index in [1.54, 1.807) is 11.3 Å². The van der Waals surface area contributed by atoms with E-state index in [9.17, 15) is 14.7 Å². The van der Waals surface area contributed by atoms with Gasteiger partial charge in [-0.3, -0.25) is 4.79 Å². The zero-order valence-electron chi connectivity index (χ0n) is 9.18. The monoisotopic (exact) mass is 251 g/mol. The number of hydrogen-bond donors (Lipinski definition) is 2. The predicted molar refractivity (Wildman–Crippen MR) is 62.9 cm³/mol. The minimum absolute atomic E-state index is 0.141. The van der Waals surface area contributed by atoms with E-state index in [-0.39, 0.29) is 5.91 Å². The average Bonchev–Trinajstić information content (AvgIpc) is 2.87. The summed E-state index contributed by atoms with van der Waals surface area (Å²) in [6, 6.07) is 3.12. The molecule has 2 aliphatic rings. The first-order chi connectivity index (χ1) is 8.14. The molecule has 0 radical (unpaired) electrons. The summed E-state index contributed by atoms with van der Waals surface area (Å²) in [5.41, 5.74) is -0.503. The van der Waals surface area contributed by atoms with E-state index >= 15 is 0 Å². The maximum Gasteiger partial charge on any atom is 0.327 e. The molecule has 2 unspecified atom stereocenters. The summed E-state index contributed by atoms with van der Waals surface area (Å²) in [7, 11) is 0. The predicted octanol–water partition coefficient (Wildman–Crippen LogP) is 1.37. The molecule has 0 spiro atoms. The van der Waals surface area contributed by atoms with Crippen molar-refractivity contribution < 1.29 is 14.7 Å². The highest BCUT2D eigenvalue weighted by atomic mass is 32.1. The second-order valence-electron chi connectivity index (χ2n) is 4.81. The highest BCUT2D eigenvalue weighted by molar-refractivity contribution is 7.10. The number of hydrogen-bond acceptors (Lipinski definition) is 3. The summed E-state index contributed by atoms with van der Waals surface area (Å²) in [4.78, 5) is 24.0. The summed E-state index contributed by atoms with van der Waals surface area (Å²) in [5, 5.41) is 13.9. The Hall–Kier alpha value is -1.36. The molecular formula is C12H13NO3S. The Morgan fingerprint density at radius 2 is 2.29 bits per heavy atom. The van der Waals surface area contributed by atoms with Gasteiger partial charge in [0.25, 0.3) is 0 Å². The van der Waals surface area contributed by atoms with Gasteiger partial charge in [0, 0.05) is 16.7 Å². The van der Waals surface area contributed by atoms with E-state index in [0.29, 0.717) is 12.3 Å². The van der Waals surface area contributed by atoms with Gasteiger partial charge in [0.2, 0.25) is 5.91 Å². The van der Waals surface area contributed by atoms with E-state index in [1.807, 2.05) is 17.5 Å². The molecule has 0 aromatic carbocycles. The van der Waals surface area contributed by atoms with Crippen LogP contribution in [0.4, 0.5) is 0 Å². The van der Waals surface area contributed by atoms with Crippen LogP contribution in [0.1, 0.15) is 24.1 Å². The first kappa shape index (κ1) is 10.8. The number of aliphatic carboxylic acids is 1. The number of carboxylic acid groups (broad SMARTS) is 1. The largest absolute Gasteiger partial charge is 0.480 e. The third kappa shape index (κ3) is 1.49. The van der Waals surface area contributed by atoms with Gasteiger partial charge in [-0.25, -0.2) is 4.79 Å². The van der Waals surface area contributed by atoms with E-state index < -0.39 is 17.4 Å². The lowest BCUT2D eigenvalue weighted by molar-refractivity contribution is -0.141.